The van der Waals surface area contributed by atoms with Crippen LogP contribution in [0.1, 0.15) is 41.5 Å². The Bertz CT molecular complexity index is 292. The standard InChI is InChI=1S/C11H25NO2S2/c1-9(2)7-15-10(3)8-16(13,14)12-11(4,5)6/h9-10,12H,7-8H2,1-6H3. The van der Waals surface area contributed by atoms with Crippen molar-refractivity contribution in [3.05, 3.63) is 0 Å². The van der Waals surface area contributed by atoms with E-state index in [1.807, 2.05) is 27.7 Å². The third-order valence-corrected chi connectivity index (χ3v) is 5.30. The first kappa shape index (κ1) is 16.3. The monoisotopic (exact) mass is 267 g/mol. The molecule has 0 saturated heterocycles. The number of hydrogen-bond donors (Lipinski definition) is 1. The van der Waals surface area contributed by atoms with Gasteiger partial charge in [0, 0.05) is 10.8 Å². The second kappa shape index (κ2) is 6.26. The lowest BCUT2D eigenvalue weighted by Gasteiger charge is -2.22. The molecule has 0 aliphatic carbocycles. The van der Waals surface area contributed by atoms with Crippen molar-refractivity contribution >= 4 is 21.8 Å². The fraction of sp³-hybridized carbons (Fsp3) is 1.00. The molecule has 0 rings (SSSR count). The fourth-order valence-corrected chi connectivity index (χ4v) is 4.49. The van der Waals surface area contributed by atoms with Crippen LogP contribution in [-0.2, 0) is 10.0 Å². The predicted molar refractivity (Wildman–Crippen MR) is 73.4 cm³/mol. The molecule has 0 aromatic carbocycles. The van der Waals surface area contributed by atoms with Gasteiger partial charge in [-0.15, -0.1) is 0 Å². The predicted octanol–water partition coefficient (Wildman–Crippen LogP) is 2.48. The number of rotatable bonds is 6. The highest BCUT2D eigenvalue weighted by molar-refractivity contribution is 8.01. The molecule has 0 saturated carbocycles. The highest BCUT2D eigenvalue weighted by Gasteiger charge is 2.22. The molecule has 0 bridgehead atoms. The van der Waals surface area contributed by atoms with Crippen LogP contribution in [0.5, 0.6) is 0 Å². The zero-order valence-electron chi connectivity index (χ0n) is 11.2. The SMILES string of the molecule is CC(C)CSC(C)CS(=O)(=O)NC(C)(C)C. The molecule has 0 aromatic rings. The molecule has 0 aliphatic rings. The van der Waals surface area contributed by atoms with Crippen LogP contribution >= 0.6 is 11.8 Å². The topological polar surface area (TPSA) is 46.2 Å². The van der Waals surface area contributed by atoms with Crippen molar-refractivity contribution in [3.63, 3.8) is 0 Å². The molecule has 0 aliphatic heterocycles. The minimum Gasteiger partial charge on any atom is -0.212 e. The highest BCUT2D eigenvalue weighted by atomic mass is 32.2. The van der Waals surface area contributed by atoms with Gasteiger partial charge in [0.2, 0.25) is 10.0 Å². The third kappa shape index (κ3) is 9.48. The summed E-state index contributed by atoms with van der Waals surface area (Å²) < 4.78 is 26.2. The summed E-state index contributed by atoms with van der Waals surface area (Å²) in [6.45, 7) is 11.8. The van der Waals surface area contributed by atoms with E-state index >= 15 is 0 Å². The van der Waals surface area contributed by atoms with Crippen LogP contribution in [0.25, 0.3) is 0 Å². The maximum Gasteiger partial charge on any atom is 0.213 e. The molecule has 3 nitrogen and oxygen atoms in total. The lowest BCUT2D eigenvalue weighted by atomic mass is 10.1. The molecular formula is C11H25NO2S2. The molecule has 98 valence electrons. The molecule has 0 fully saturated rings. The molecule has 1 atom stereocenters. The zero-order chi connectivity index (χ0) is 13.0. The van der Waals surface area contributed by atoms with E-state index in [9.17, 15) is 8.42 Å². The van der Waals surface area contributed by atoms with Gasteiger partial charge in [-0.2, -0.15) is 11.8 Å². The van der Waals surface area contributed by atoms with Gasteiger partial charge in [-0.3, -0.25) is 0 Å². The van der Waals surface area contributed by atoms with E-state index < -0.39 is 10.0 Å². The minimum absolute atomic E-state index is 0.141. The Hall–Kier alpha value is 0.260. The van der Waals surface area contributed by atoms with E-state index in [4.69, 9.17) is 0 Å². The Morgan fingerprint density at radius 2 is 1.69 bits per heavy atom. The van der Waals surface area contributed by atoms with Crippen LogP contribution in [0.4, 0.5) is 0 Å². The van der Waals surface area contributed by atoms with Crippen LogP contribution in [0.2, 0.25) is 0 Å². The van der Waals surface area contributed by atoms with E-state index in [-0.39, 0.29) is 16.5 Å². The van der Waals surface area contributed by atoms with Crippen molar-refractivity contribution in [2.24, 2.45) is 5.92 Å². The minimum atomic E-state index is -3.16. The highest BCUT2D eigenvalue weighted by Crippen LogP contribution is 2.16. The van der Waals surface area contributed by atoms with Crippen molar-refractivity contribution in [3.8, 4) is 0 Å². The Morgan fingerprint density at radius 3 is 2.06 bits per heavy atom. The van der Waals surface area contributed by atoms with Gasteiger partial charge in [-0.1, -0.05) is 20.8 Å². The van der Waals surface area contributed by atoms with E-state index in [1.54, 1.807) is 11.8 Å². The Kier molecular flexibility index (Phi) is 6.36. The summed E-state index contributed by atoms with van der Waals surface area (Å²) in [6.07, 6.45) is 0. The van der Waals surface area contributed by atoms with Crippen LogP contribution in [0.15, 0.2) is 0 Å². The van der Waals surface area contributed by atoms with E-state index in [0.29, 0.717) is 5.92 Å². The molecule has 0 aromatic heterocycles. The molecule has 0 radical (unpaired) electrons. The van der Waals surface area contributed by atoms with Crippen LogP contribution in [-0.4, -0.2) is 30.7 Å². The van der Waals surface area contributed by atoms with Crippen molar-refractivity contribution in [2.45, 2.75) is 52.3 Å². The van der Waals surface area contributed by atoms with Gasteiger partial charge in [-0.25, -0.2) is 13.1 Å². The maximum atomic E-state index is 11.8. The van der Waals surface area contributed by atoms with Crippen molar-refractivity contribution in [2.75, 3.05) is 11.5 Å². The zero-order valence-corrected chi connectivity index (χ0v) is 12.8. The molecule has 0 amide bonds. The van der Waals surface area contributed by atoms with Crippen LogP contribution in [0.3, 0.4) is 0 Å². The molecule has 5 heteroatoms. The van der Waals surface area contributed by atoms with Crippen molar-refractivity contribution < 1.29 is 8.42 Å². The lowest BCUT2D eigenvalue weighted by Crippen LogP contribution is -2.43. The molecular weight excluding hydrogens is 242 g/mol. The Morgan fingerprint density at radius 1 is 1.19 bits per heavy atom. The van der Waals surface area contributed by atoms with E-state index in [0.717, 1.165) is 5.75 Å². The smallest absolute Gasteiger partial charge is 0.212 e. The normalized spacial score (nSPS) is 15.4. The average molecular weight is 267 g/mol. The van der Waals surface area contributed by atoms with Crippen LogP contribution in [0, 0.1) is 5.92 Å². The third-order valence-electron chi connectivity index (χ3n) is 1.63. The first-order chi connectivity index (χ1) is 7.02. The van der Waals surface area contributed by atoms with Crippen LogP contribution < -0.4 is 4.72 Å². The van der Waals surface area contributed by atoms with Gasteiger partial charge < -0.3 is 0 Å². The summed E-state index contributed by atoms with van der Waals surface area (Å²) in [5, 5.41) is 0.141. The summed E-state index contributed by atoms with van der Waals surface area (Å²) in [7, 11) is -3.16. The number of thioether (sulfide) groups is 1. The number of sulfonamides is 1. The van der Waals surface area contributed by atoms with Gasteiger partial charge in [-0.05, 0) is 32.4 Å². The van der Waals surface area contributed by atoms with Gasteiger partial charge in [0.05, 0.1) is 5.75 Å². The average Bonchev–Trinajstić information content (AvgIpc) is 1.94. The summed E-state index contributed by atoms with van der Waals surface area (Å²) in [6, 6.07) is 0. The van der Waals surface area contributed by atoms with E-state index in [2.05, 4.69) is 18.6 Å². The molecule has 0 spiro atoms. The first-order valence-electron chi connectivity index (χ1n) is 5.65. The first-order valence-corrected chi connectivity index (χ1v) is 8.35. The quantitative estimate of drug-likeness (QED) is 0.804. The molecule has 1 N–H and O–H groups in total. The van der Waals surface area contributed by atoms with Gasteiger partial charge >= 0.3 is 0 Å². The second-order valence-electron chi connectivity index (χ2n) is 5.67. The van der Waals surface area contributed by atoms with Gasteiger partial charge in [0.25, 0.3) is 0 Å². The Labute approximate surface area is 105 Å². The summed E-state index contributed by atoms with van der Waals surface area (Å²) >= 11 is 1.72. The van der Waals surface area contributed by atoms with Crippen molar-refractivity contribution in [1.82, 2.24) is 4.72 Å². The van der Waals surface area contributed by atoms with Gasteiger partial charge in [0.1, 0.15) is 0 Å². The van der Waals surface area contributed by atoms with Crippen molar-refractivity contribution in [1.29, 1.82) is 0 Å². The number of nitrogens with one attached hydrogen (secondary N) is 1. The summed E-state index contributed by atoms with van der Waals surface area (Å²) in [5.74, 6) is 1.80. The maximum absolute atomic E-state index is 11.8. The molecule has 0 heterocycles. The molecule has 1 unspecified atom stereocenters. The molecule has 16 heavy (non-hydrogen) atoms. The second-order valence-corrected chi connectivity index (χ2v) is 8.91. The van der Waals surface area contributed by atoms with E-state index in [1.165, 1.54) is 0 Å². The largest absolute Gasteiger partial charge is 0.213 e. The fourth-order valence-electron chi connectivity index (χ4n) is 1.22. The summed E-state index contributed by atoms with van der Waals surface area (Å²) in [4.78, 5) is 0. The Balaban J connectivity index is 4.16. The number of hydrogen-bond acceptors (Lipinski definition) is 3. The summed E-state index contributed by atoms with van der Waals surface area (Å²) in [5.41, 5.74) is -0.388. The lowest BCUT2D eigenvalue weighted by molar-refractivity contribution is 0.491. The van der Waals surface area contributed by atoms with Gasteiger partial charge in [0.15, 0.2) is 0 Å².